The van der Waals surface area contributed by atoms with Gasteiger partial charge < -0.3 is 15.4 Å². The molecule has 6 heteroatoms. The van der Waals surface area contributed by atoms with Crippen LogP contribution in [0.5, 0.6) is 5.75 Å². The zero-order chi connectivity index (χ0) is 17.4. The number of rotatable bonds is 6. The number of amides is 2. The fraction of sp³-hybridized carbons (Fsp3) is 0.167. The summed E-state index contributed by atoms with van der Waals surface area (Å²) in [6, 6.07) is 15.2. The lowest BCUT2D eigenvalue weighted by atomic mass is 10.1. The molecule has 122 valence electrons. The minimum Gasteiger partial charge on any atom is -0.492 e. The molecule has 0 bridgehead atoms. The van der Waals surface area contributed by atoms with E-state index in [0.717, 1.165) is 0 Å². The van der Waals surface area contributed by atoms with Crippen molar-refractivity contribution >= 4 is 11.8 Å². The van der Waals surface area contributed by atoms with Crippen LogP contribution in [0.3, 0.4) is 0 Å². The molecule has 0 aromatic heterocycles. The summed E-state index contributed by atoms with van der Waals surface area (Å²) in [5.74, 6) is 0.140. The molecule has 6 nitrogen and oxygen atoms in total. The number of nitrogens with one attached hydrogen (secondary N) is 2. The van der Waals surface area contributed by atoms with Gasteiger partial charge in [0, 0.05) is 18.2 Å². The number of nitrogens with zero attached hydrogens (tertiary/aromatic N) is 1. The average molecular weight is 323 g/mol. The number of ether oxygens (including phenoxy) is 1. The van der Waals surface area contributed by atoms with E-state index in [-0.39, 0.29) is 18.4 Å². The summed E-state index contributed by atoms with van der Waals surface area (Å²) in [5, 5.41) is 14.1. The monoisotopic (exact) mass is 323 g/mol. The van der Waals surface area contributed by atoms with E-state index in [4.69, 9.17) is 10.00 Å². The van der Waals surface area contributed by atoms with E-state index in [1.807, 2.05) is 6.07 Å². The summed E-state index contributed by atoms with van der Waals surface area (Å²) in [7, 11) is 1.55. The highest BCUT2D eigenvalue weighted by Gasteiger charge is 2.07. The molecule has 0 unspecified atom stereocenters. The number of carbonyl (C=O) groups excluding carboxylic acids is 2. The first kappa shape index (κ1) is 17.0. The molecule has 2 amide bonds. The van der Waals surface area contributed by atoms with E-state index in [1.54, 1.807) is 55.6 Å². The highest BCUT2D eigenvalue weighted by atomic mass is 16.5. The largest absolute Gasteiger partial charge is 0.492 e. The van der Waals surface area contributed by atoms with Gasteiger partial charge in [-0.05, 0) is 42.5 Å². The van der Waals surface area contributed by atoms with Crippen LogP contribution in [0.2, 0.25) is 0 Å². The van der Waals surface area contributed by atoms with Crippen LogP contribution in [-0.4, -0.2) is 32.0 Å². The Bertz CT molecular complexity index is 764. The Morgan fingerprint density at radius 2 is 1.75 bits per heavy atom. The van der Waals surface area contributed by atoms with E-state index in [1.165, 1.54) is 0 Å². The fourth-order valence-electron chi connectivity index (χ4n) is 2.01. The number of hydrogen-bond donors (Lipinski definition) is 2. The average Bonchev–Trinajstić information content (AvgIpc) is 2.64. The van der Waals surface area contributed by atoms with Crippen LogP contribution in [0.4, 0.5) is 0 Å². The van der Waals surface area contributed by atoms with Gasteiger partial charge in [0.2, 0.25) is 0 Å². The number of benzene rings is 2. The topological polar surface area (TPSA) is 91.2 Å². The molecule has 2 aromatic rings. The molecule has 0 saturated heterocycles. The van der Waals surface area contributed by atoms with Crippen molar-refractivity contribution in [2.24, 2.45) is 0 Å². The summed E-state index contributed by atoms with van der Waals surface area (Å²) in [6.07, 6.45) is 0. The van der Waals surface area contributed by atoms with Crippen molar-refractivity contribution in [1.82, 2.24) is 10.6 Å². The summed E-state index contributed by atoms with van der Waals surface area (Å²) in [4.78, 5) is 23.4. The van der Waals surface area contributed by atoms with Gasteiger partial charge in [-0.3, -0.25) is 9.59 Å². The highest BCUT2D eigenvalue weighted by Crippen LogP contribution is 2.12. The van der Waals surface area contributed by atoms with Gasteiger partial charge in [0.25, 0.3) is 11.8 Å². The summed E-state index contributed by atoms with van der Waals surface area (Å²) >= 11 is 0. The van der Waals surface area contributed by atoms with Gasteiger partial charge >= 0.3 is 0 Å². The molecule has 0 aliphatic rings. The predicted octanol–water partition coefficient (Wildman–Crippen LogP) is 1.73. The van der Waals surface area contributed by atoms with Crippen molar-refractivity contribution in [3.63, 3.8) is 0 Å². The molecule has 0 atom stereocenters. The van der Waals surface area contributed by atoms with Gasteiger partial charge in [-0.1, -0.05) is 6.07 Å². The SMILES string of the molecule is CNC(=O)c1ccc(C(=O)NCCOc2cccc(C#N)c2)cc1. The third-order valence-corrected chi connectivity index (χ3v) is 3.26. The maximum atomic E-state index is 12.0. The normalized spacial score (nSPS) is 9.67. The van der Waals surface area contributed by atoms with Crippen molar-refractivity contribution < 1.29 is 14.3 Å². The lowest BCUT2D eigenvalue weighted by molar-refractivity contribution is 0.0941. The first-order valence-corrected chi connectivity index (χ1v) is 7.37. The van der Waals surface area contributed by atoms with Crippen LogP contribution in [0.15, 0.2) is 48.5 Å². The zero-order valence-electron chi connectivity index (χ0n) is 13.2. The zero-order valence-corrected chi connectivity index (χ0v) is 13.2. The Hall–Kier alpha value is -3.33. The van der Waals surface area contributed by atoms with Crippen molar-refractivity contribution in [1.29, 1.82) is 5.26 Å². The fourth-order valence-corrected chi connectivity index (χ4v) is 2.01. The third kappa shape index (κ3) is 4.58. The van der Waals surface area contributed by atoms with E-state index >= 15 is 0 Å². The van der Waals surface area contributed by atoms with Gasteiger partial charge in [-0.2, -0.15) is 5.26 Å². The minimum atomic E-state index is -0.243. The smallest absolute Gasteiger partial charge is 0.251 e. The van der Waals surface area contributed by atoms with Crippen molar-refractivity contribution in [2.45, 2.75) is 0 Å². The van der Waals surface area contributed by atoms with Gasteiger partial charge in [0.05, 0.1) is 18.2 Å². The first-order valence-electron chi connectivity index (χ1n) is 7.37. The Kier molecular flexibility index (Phi) is 5.92. The second-order valence-electron chi connectivity index (χ2n) is 4.90. The van der Waals surface area contributed by atoms with Crippen LogP contribution in [0, 0.1) is 11.3 Å². The molecule has 2 rings (SSSR count). The molecule has 0 radical (unpaired) electrons. The van der Waals surface area contributed by atoms with E-state index in [2.05, 4.69) is 10.6 Å². The molecule has 2 aromatic carbocycles. The maximum absolute atomic E-state index is 12.0. The molecular weight excluding hydrogens is 306 g/mol. The molecule has 0 heterocycles. The lowest BCUT2D eigenvalue weighted by Crippen LogP contribution is -2.28. The van der Waals surface area contributed by atoms with Crippen molar-refractivity contribution in [3.05, 3.63) is 65.2 Å². The molecule has 2 N–H and O–H groups in total. The van der Waals surface area contributed by atoms with Crippen molar-refractivity contribution in [3.8, 4) is 11.8 Å². The van der Waals surface area contributed by atoms with Crippen LogP contribution < -0.4 is 15.4 Å². The molecule has 0 saturated carbocycles. The lowest BCUT2D eigenvalue weighted by Gasteiger charge is -2.08. The van der Waals surface area contributed by atoms with Gasteiger partial charge in [-0.15, -0.1) is 0 Å². The van der Waals surface area contributed by atoms with E-state index in [0.29, 0.717) is 29.0 Å². The van der Waals surface area contributed by atoms with Gasteiger partial charge in [0.1, 0.15) is 12.4 Å². The van der Waals surface area contributed by atoms with Crippen LogP contribution in [-0.2, 0) is 0 Å². The van der Waals surface area contributed by atoms with E-state index < -0.39 is 0 Å². The second-order valence-corrected chi connectivity index (χ2v) is 4.90. The maximum Gasteiger partial charge on any atom is 0.251 e. The van der Waals surface area contributed by atoms with E-state index in [9.17, 15) is 9.59 Å². The summed E-state index contributed by atoms with van der Waals surface area (Å²) in [5.41, 5.74) is 1.48. The Balaban J connectivity index is 1.80. The summed E-state index contributed by atoms with van der Waals surface area (Å²) in [6.45, 7) is 0.615. The highest BCUT2D eigenvalue weighted by molar-refractivity contribution is 5.97. The predicted molar refractivity (Wildman–Crippen MR) is 88.8 cm³/mol. The minimum absolute atomic E-state index is 0.199. The molecule has 0 aliphatic carbocycles. The molecule has 0 spiro atoms. The molecule has 0 fully saturated rings. The number of nitriles is 1. The molecule has 24 heavy (non-hydrogen) atoms. The van der Waals surface area contributed by atoms with Crippen molar-refractivity contribution in [2.75, 3.05) is 20.2 Å². The van der Waals surface area contributed by atoms with Crippen LogP contribution >= 0.6 is 0 Å². The van der Waals surface area contributed by atoms with Gasteiger partial charge in [0.15, 0.2) is 0 Å². The molecular formula is C18H17N3O3. The Morgan fingerprint density at radius 3 is 2.38 bits per heavy atom. The number of hydrogen-bond acceptors (Lipinski definition) is 4. The van der Waals surface area contributed by atoms with Crippen LogP contribution in [0.1, 0.15) is 26.3 Å². The number of carbonyl (C=O) groups is 2. The molecule has 0 aliphatic heterocycles. The first-order chi connectivity index (χ1) is 11.6. The standard InChI is InChI=1S/C18H17N3O3/c1-20-17(22)14-5-7-15(8-6-14)18(23)21-9-10-24-16-4-2-3-13(11-16)12-19/h2-8,11H,9-10H2,1H3,(H,20,22)(H,21,23). The second kappa shape index (κ2) is 8.34. The third-order valence-electron chi connectivity index (χ3n) is 3.26. The quantitative estimate of drug-likeness (QED) is 0.792. The van der Waals surface area contributed by atoms with Gasteiger partial charge in [-0.25, -0.2) is 0 Å². The summed E-state index contributed by atoms with van der Waals surface area (Å²) < 4.78 is 5.48. The van der Waals surface area contributed by atoms with Crippen LogP contribution in [0.25, 0.3) is 0 Å². The Labute approximate surface area is 140 Å². The Morgan fingerprint density at radius 1 is 1.08 bits per heavy atom.